The van der Waals surface area contributed by atoms with E-state index in [1.807, 2.05) is 18.2 Å². The lowest BCUT2D eigenvalue weighted by Crippen LogP contribution is -2.36. The third kappa shape index (κ3) is 4.95. The molecule has 3 heteroatoms. The van der Waals surface area contributed by atoms with Crippen molar-refractivity contribution in [3.05, 3.63) is 65.7 Å². The molecule has 0 amide bonds. The van der Waals surface area contributed by atoms with Gasteiger partial charge in [-0.15, -0.1) is 0 Å². The number of phenols is 1. The number of aliphatic imine (C=N–C) groups is 1. The summed E-state index contributed by atoms with van der Waals surface area (Å²) in [6, 6.07) is 18.1. The third-order valence-corrected chi connectivity index (χ3v) is 5.27. The van der Waals surface area contributed by atoms with E-state index in [0.717, 1.165) is 38.0 Å². The van der Waals surface area contributed by atoms with Gasteiger partial charge in [-0.25, -0.2) is 0 Å². The van der Waals surface area contributed by atoms with Gasteiger partial charge in [-0.1, -0.05) is 42.5 Å². The maximum atomic E-state index is 9.85. The van der Waals surface area contributed by atoms with E-state index >= 15 is 0 Å². The molecule has 3 nitrogen and oxygen atoms in total. The average Bonchev–Trinajstić information content (AvgIpc) is 2.63. The van der Waals surface area contributed by atoms with Gasteiger partial charge in [-0.2, -0.15) is 0 Å². The summed E-state index contributed by atoms with van der Waals surface area (Å²) in [7, 11) is 0. The quantitative estimate of drug-likeness (QED) is 0.728. The van der Waals surface area contributed by atoms with Crippen molar-refractivity contribution in [2.75, 3.05) is 13.2 Å². The number of rotatable bonds is 6. The highest BCUT2D eigenvalue weighted by Crippen LogP contribution is 2.39. The van der Waals surface area contributed by atoms with Gasteiger partial charge in [0.2, 0.25) is 0 Å². The molecule has 1 aliphatic heterocycles. The SMILES string of the molecule is CC1(C)C[C@H]([C@@H](CCN=Cc2ccccc2O)c2ccccc2)CCO1. The molecule has 0 spiro atoms. The van der Waals surface area contributed by atoms with Crippen LogP contribution in [-0.4, -0.2) is 30.1 Å². The molecule has 26 heavy (non-hydrogen) atoms. The Bertz CT molecular complexity index is 724. The Morgan fingerprint density at radius 2 is 1.88 bits per heavy atom. The first-order valence-corrected chi connectivity index (χ1v) is 9.52. The van der Waals surface area contributed by atoms with E-state index < -0.39 is 0 Å². The maximum absolute atomic E-state index is 9.85. The zero-order valence-electron chi connectivity index (χ0n) is 15.8. The maximum Gasteiger partial charge on any atom is 0.124 e. The van der Waals surface area contributed by atoms with Crippen LogP contribution < -0.4 is 0 Å². The van der Waals surface area contributed by atoms with Gasteiger partial charge >= 0.3 is 0 Å². The normalized spacial score (nSPS) is 20.9. The smallest absolute Gasteiger partial charge is 0.124 e. The first-order valence-electron chi connectivity index (χ1n) is 9.52. The van der Waals surface area contributed by atoms with Gasteiger partial charge in [-0.05, 0) is 62.6 Å². The van der Waals surface area contributed by atoms with Crippen LogP contribution in [0.4, 0.5) is 0 Å². The molecule has 1 saturated heterocycles. The van der Waals surface area contributed by atoms with Crippen molar-refractivity contribution in [2.24, 2.45) is 10.9 Å². The third-order valence-electron chi connectivity index (χ3n) is 5.27. The standard InChI is InChI=1S/C23H29NO2/c1-23(2)16-19(13-15-26-23)21(18-8-4-3-5-9-18)12-14-24-17-20-10-6-7-11-22(20)25/h3-11,17,19,21,25H,12-16H2,1-2H3/t19-,21+/m1/s1. The Kier molecular flexibility index (Phi) is 6.10. The number of aromatic hydroxyl groups is 1. The summed E-state index contributed by atoms with van der Waals surface area (Å²) < 4.78 is 5.92. The molecule has 138 valence electrons. The highest BCUT2D eigenvalue weighted by molar-refractivity contribution is 5.83. The molecular formula is C23H29NO2. The molecule has 1 heterocycles. The molecule has 2 atom stereocenters. The number of para-hydroxylation sites is 1. The van der Waals surface area contributed by atoms with E-state index in [1.165, 1.54) is 5.56 Å². The Balaban J connectivity index is 1.69. The molecule has 1 aliphatic rings. The second-order valence-corrected chi connectivity index (χ2v) is 7.76. The molecule has 2 aromatic rings. The van der Waals surface area contributed by atoms with Crippen LogP contribution in [0.15, 0.2) is 59.6 Å². The minimum Gasteiger partial charge on any atom is -0.507 e. The molecule has 0 aliphatic carbocycles. The van der Waals surface area contributed by atoms with Gasteiger partial charge in [0, 0.05) is 24.9 Å². The number of hydrogen-bond acceptors (Lipinski definition) is 3. The highest BCUT2D eigenvalue weighted by Gasteiger charge is 2.33. The van der Waals surface area contributed by atoms with Crippen LogP contribution >= 0.6 is 0 Å². The number of benzene rings is 2. The Morgan fingerprint density at radius 1 is 1.15 bits per heavy atom. The molecule has 3 rings (SSSR count). The zero-order valence-corrected chi connectivity index (χ0v) is 15.8. The molecule has 0 saturated carbocycles. The number of hydrogen-bond donors (Lipinski definition) is 1. The molecule has 1 fully saturated rings. The number of nitrogens with zero attached hydrogens (tertiary/aromatic N) is 1. The first kappa shape index (κ1) is 18.7. The minimum atomic E-state index is -0.0466. The van der Waals surface area contributed by atoms with Gasteiger partial charge < -0.3 is 9.84 Å². The molecule has 0 radical (unpaired) electrons. The summed E-state index contributed by atoms with van der Waals surface area (Å²) in [5.41, 5.74) is 2.12. The Labute approximate surface area is 156 Å². The van der Waals surface area contributed by atoms with Gasteiger partial charge in [-0.3, -0.25) is 4.99 Å². The summed E-state index contributed by atoms with van der Waals surface area (Å²) in [6.45, 7) is 5.98. The van der Waals surface area contributed by atoms with E-state index in [4.69, 9.17) is 4.74 Å². The minimum absolute atomic E-state index is 0.0466. The lowest BCUT2D eigenvalue weighted by atomic mass is 9.75. The highest BCUT2D eigenvalue weighted by atomic mass is 16.5. The van der Waals surface area contributed by atoms with Gasteiger partial charge in [0.1, 0.15) is 5.75 Å². The molecule has 0 bridgehead atoms. The van der Waals surface area contributed by atoms with Gasteiger partial charge in [0.05, 0.1) is 5.60 Å². The van der Waals surface area contributed by atoms with Crippen LogP contribution in [0.2, 0.25) is 0 Å². The summed E-state index contributed by atoms with van der Waals surface area (Å²) in [4.78, 5) is 4.58. The molecule has 2 aromatic carbocycles. The van der Waals surface area contributed by atoms with Crippen molar-refractivity contribution >= 4 is 6.21 Å². The Morgan fingerprint density at radius 3 is 2.62 bits per heavy atom. The van der Waals surface area contributed by atoms with Crippen molar-refractivity contribution in [2.45, 2.75) is 44.6 Å². The fraction of sp³-hybridized carbons (Fsp3) is 0.435. The molecule has 0 aromatic heterocycles. The van der Waals surface area contributed by atoms with Crippen LogP contribution in [-0.2, 0) is 4.74 Å². The van der Waals surface area contributed by atoms with Gasteiger partial charge in [0.25, 0.3) is 0 Å². The zero-order chi connectivity index (χ0) is 18.4. The molecular weight excluding hydrogens is 322 g/mol. The summed E-state index contributed by atoms with van der Waals surface area (Å²) in [5, 5.41) is 9.85. The van der Waals surface area contributed by atoms with Gasteiger partial charge in [0.15, 0.2) is 0 Å². The second-order valence-electron chi connectivity index (χ2n) is 7.76. The number of phenolic OH excluding ortho intramolecular Hbond substituents is 1. The van der Waals surface area contributed by atoms with E-state index in [0.29, 0.717) is 11.8 Å². The lowest BCUT2D eigenvalue weighted by molar-refractivity contribution is -0.0771. The van der Waals surface area contributed by atoms with E-state index in [-0.39, 0.29) is 11.4 Å². The van der Waals surface area contributed by atoms with E-state index in [1.54, 1.807) is 12.3 Å². The van der Waals surface area contributed by atoms with E-state index in [9.17, 15) is 5.11 Å². The topological polar surface area (TPSA) is 41.8 Å². The second kappa shape index (κ2) is 8.50. The summed E-state index contributed by atoms with van der Waals surface area (Å²) >= 11 is 0. The van der Waals surface area contributed by atoms with Crippen LogP contribution in [0.25, 0.3) is 0 Å². The van der Waals surface area contributed by atoms with Crippen LogP contribution in [0.3, 0.4) is 0 Å². The van der Waals surface area contributed by atoms with Crippen LogP contribution in [0.5, 0.6) is 5.75 Å². The van der Waals surface area contributed by atoms with E-state index in [2.05, 4.69) is 49.2 Å². The van der Waals surface area contributed by atoms with Crippen LogP contribution in [0, 0.1) is 5.92 Å². The van der Waals surface area contributed by atoms with Crippen molar-refractivity contribution < 1.29 is 9.84 Å². The molecule has 1 N–H and O–H groups in total. The van der Waals surface area contributed by atoms with Crippen molar-refractivity contribution in [3.8, 4) is 5.75 Å². The Hall–Kier alpha value is -2.13. The fourth-order valence-corrected chi connectivity index (χ4v) is 3.97. The summed E-state index contributed by atoms with van der Waals surface area (Å²) in [6.07, 6.45) is 4.97. The van der Waals surface area contributed by atoms with Crippen molar-refractivity contribution in [3.63, 3.8) is 0 Å². The summed E-state index contributed by atoms with van der Waals surface area (Å²) in [5.74, 6) is 1.38. The van der Waals surface area contributed by atoms with Crippen LogP contribution in [0.1, 0.15) is 50.2 Å². The predicted molar refractivity (Wildman–Crippen MR) is 107 cm³/mol. The largest absolute Gasteiger partial charge is 0.507 e. The molecule has 0 unspecified atom stereocenters. The first-order chi connectivity index (χ1) is 12.6. The lowest BCUT2D eigenvalue weighted by Gasteiger charge is -2.39. The average molecular weight is 351 g/mol. The fourth-order valence-electron chi connectivity index (χ4n) is 3.97. The predicted octanol–water partition coefficient (Wildman–Crippen LogP) is 5.19. The van der Waals surface area contributed by atoms with Crippen molar-refractivity contribution in [1.82, 2.24) is 0 Å². The monoisotopic (exact) mass is 351 g/mol. The van der Waals surface area contributed by atoms with Crippen molar-refractivity contribution in [1.29, 1.82) is 0 Å². The number of ether oxygens (including phenoxy) is 1.